The third-order valence-electron chi connectivity index (χ3n) is 3.86. The Morgan fingerprint density at radius 2 is 1.92 bits per heavy atom. The Morgan fingerprint density at radius 3 is 2.76 bits per heavy atom. The van der Waals surface area contributed by atoms with Crippen molar-refractivity contribution in [2.45, 2.75) is 0 Å². The maximum Gasteiger partial charge on any atom is 0.256 e. The predicted molar refractivity (Wildman–Crippen MR) is 107 cm³/mol. The maximum absolute atomic E-state index is 12.8. The van der Waals surface area contributed by atoms with Crippen LogP contribution in [0, 0.1) is 0 Å². The molecule has 1 amide bonds. The third-order valence-corrected chi connectivity index (χ3v) is 5.40. The van der Waals surface area contributed by atoms with Gasteiger partial charge in [-0.05, 0) is 44.9 Å². The number of amides is 1. The van der Waals surface area contributed by atoms with Crippen molar-refractivity contribution in [1.29, 1.82) is 0 Å². The number of nitrogens with zero attached hydrogens (tertiary/aromatic N) is 1. The molecule has 25 heavy (non-hydrogen) atoms. The Hall–Kier alpha value is -2.48. The molecule has 0 spiro atoms. The standard InChI is InChI=1S/C18H13BrN4OS/c19-14-8-11(9-15-16(14)22-18(23-20)25-15)21-17(24)13-7-3-5-10-4-1-2-6-12(10)13/h1-9H,20H2,(H,21,24)(H,22,23). The number of thiazole rings is 1. The Balaban J connectivity index is 1.71. The summed E-state index contributed by atoms with van der Waals surface area (Å²) in [6.45, 7) is 0. The lowest BCUT2D eigenvalue weighted by atomic mass is 10.0. The molecule has 4 N–H and O–H groups in total. The van der Waals surface area contributed by atoms with Gasteiger partial charge >= 0.3 is 0 Å². The smallest absolute Gasteiger partial charge is 0.256 e. The minimum absolute atomic E-state index is 0.148. The number of rotatable bonds is 3. The quantitative estimate of drug-likeness (QED) is 0.335. The number of hydrogen-bond acceptors (Lipinski definition) is 5. The molecule has 4 rings (SSSR count). The highest BCUT2D eigenvalue weighted by molar-refractivity contribution is 9.10. The van der Waals surface area contributed by atoms with Crippen molar-refractivity contribution in [3.8, 4) is 0 Å². The summed E-state index contributed by atoms with van der Waals surface area (Å²) in [5.41, 5.74) is 4.70. The first-order valence-electron chi connectivity index (χ1n) is 7.51. The van der Waals surface area contributed by atoms with Crippen molar-refractivity contribution in [2.24, 2.45) is 5.84 Å². The number of nitrogens with one attached hydrogen (secondary N) is 2. The van der Waals surface area contributed by atoms with Gasteiger partial charge in [-0.2, -0.15) is 0 Å². The summed E-state index contributed by atoms with van der Waals surface area (Å²) in [4.78, 5) is 17.1. The van der Waals surface area contributed by atoms with Gasteiger partial charge in [-0.15, -0.1) is 0 Å². The average Bonchev–Trinajstić information content (AvgIpc) is 3.05. The van der Waals surface area contributed by atoms with E-state index in [-0.39, 0.29) is 5.91 Å². The largest absolute Gasteiger partial charge is 0.322 e. The summed E-state index contributed by atoms with van der Waals surface area (Å²) in [6, 6.07) is 17.3. The van der Waals surface area contributed by atoms with Crippen molar-refractivity contribution >= 4 is 65.0 Å². The summed E-state index contributed by atoms with van der Waals surface area (Å²) in [5.74, 6) is 5.28. The number of hydrogen-bond donors (Lipinski definition) is 3. The van der Waals surface area contributed by atoms with Gasteiger partial charge in [0.1, 0.15) is 0 Å². The number of nitrogens with two attached hydrogens (primary N) is 1. The van der Waals surface area contributed by atoms with E-state index in [9.17, 15) is 4.79 Å². The van der Waals surface area contributed by atoms with E-state index < -0.39 is 0 Å². The van der Waals surface area contributed by atoms with Crippen LogP contribution in [0.3, 0.4) is 0 Å². The van der Waals surface area contributed by atoms with Crippen LogP contribution in [0.25, 0.3) is 21.0 Å². The van der Waals surface area contributed by atoms with Gasteiger partial charge < -0.3 is 5.32 Å². The number of aromatic nitrogens is 1. The molecule has 0 atom stereocenters. The fraction of sp³-hybridized carbons (Fsp3) is 0. The second-order valence-corrected chi connectivity index (χ2v) is 7.33. The van der Waals surface area contributed by atoms with Crippen molar-refractivity contribution in [2.75, 3.05) is 10.7 Å². The molecule has 0 bridgehead atoms. The highest BCUT2D eigenvalue weighted by atomic mass is 79.9. The number of carbonyl (C=O) groups excluding carboxylic acids is 1. The normalized spacial score (nSPS) is 11.0. The van der Waals surface area contributed by atoms with Gasteiger partial charge in [0.25, 0.3) is 5.91 Å². The molecule has 1 aromatic heterocycles. The van der Waals surface area contributed by atoms with E-state index in [0.29, 0.717) is 16.4 Å². The first kappa shape index (κ1) is 16.0. The van der Waals surface area contributed by atoms with Gasteiger partial charge in [-0.3, -0.25) is 10.2 Å². The lowest BCUT2D eigenvalue weighted by molar-refractivity contribution is 0.102. The molecule has 0 aliphatic carbocycles. The molecule has 0 unspecified atom stereocenters. The summed E-state index contributed by atoms with van der Waals surface area (Å²) in [6.07, 6.45) is 0. The zero-order valence-electron chi connectivity index (χ0n) is 12.9. The zero-order valence-corrected chi connectivity index (χ0v) is 15.3. The van der Waals surface area contributed by atoms with Crippen molar-refractivity contribution < 1.29 is 4.79 Å². The molecule has 7 heteroatoms. The van der Waals surface area contributed by atoms with Gasteiger partial charge in [-0.1, -0.05) is 47.7 Å². The summed E-state index contributed by atoms with van der Waals surface area (Å²) >= 11 is 4.92. The number of benzene rings is 3. The van der Waals surface area contributed by atoms with Crippen molar-refractivity contribution in [3.63, 3.8) is 0 Å². The summed E-state index contributed by atoms with van der Waals surface area (Å²) in [7, 11) is 0. The molecule has 4 aromatic rings. The van der Waals surface area contributed by atoms with Crippen LogP contribution in [0.4, 0.5) is 10.8 Å². The molecule has 0 radical (unpaired) electrons. The van der Waals surface area contributed by atoms with Crippen LogP contribution >= 0.6 is 27.3 Å². The highest BCUT2D eigenvalue weighted by Gasteiger charge is 2.13. The fourth-order valence-corrected chi connectivity index (χ4v) is 4.27. The number of anilines is 2. The van der Waals surface area contributed by atoms with Crippen LogP contribution in [-0.4, -0.2) is 10.9 Å². The third kappa shape index (κ3) is 2.97. The van der Waals surface area contributed by atoms with E-state index >= 15 is 0 Å². The Kier molecular flexibility index (Phi) is 4.12. The van der Waals surface area contributed by atoms with Gasteiger partial charge in [0, 0.05) is 15.7 Å². The Bertz CT molecular complexity index is 1100. The van der Waals surface area contributed by atoms with Crippen molar-refractivity contribution in [1.82, 2.24) is 4.98 Å². The predicted octanol–water partition coefficient (Wildman–Crippen LogP) is 4.75. The molecule has 1 heterocycles. The lowest BCUT2D eigenvalue weighted by Gasteiger charge is -2.09. The average molecular weight is 413 g/mol. The van der Waals surface area contributed by atoms with E-state index in [1.54, 1.807) is 0 Å². The van der Waals surface area contributed by atoms with E-state index in [1.807, 2.05) is 54.6 Å². The minimum Gasteiger partial charge on any atom is -0.322 e. The molecule has 0 saturated carbocycles. The van der Waals surface area contributed by atoms with Crippen LogP contribution in [0.2, 0.25) is 0 Å². The number of halogens is 1. The van der Waals surface area contributed by atoms with Crippen LogP contribution in [-0.2, 0) is 0 Å². The second-order valence-electron chi connectivity index (χ2n) is 5.45. The molecule has 5 nitrogen and oxygen atoms in total. The molecule has 0 aliphatic heterocycles. The number of fused-ring (bicyclic) bond motifs is 2. The number of hydrazine groups is 1. The highest BCUT2D eigenvalue weighted by Crippen LogP contribution is 2.34. The molecule has 124 valence electrons. The van der Waals surface area contributed by atoms with E-state index in [4.69, 9.17) is 5.84 Å². The molecular weight excluding hydrogens is 400 g/mol. The topological polar surface area (TPSA) is 80.0 Å². The molecule has 0 saturated heterocycles. The lowest BCUT2D eigenvalue weighted by Crippen LogP contribution is -2.12. The minimum atomic E-state index is -0.148. The SMILES string of the molecule is NNc1nc2c(Br)cc(NC(=O)c3cccc4ccccc34)cc2s1. The zero-order chi connectivity index (χ0) is 17.4. The Morgan fingerprint density at radius 1 is 1.12 bits per heavy atom. The number of carbonyl (C=O) groups is 1. The van der Waals surface area contributed by atoms with Gasteiger partial charge in [0.05, 0.1) is 10.2 Å². The van der Waals surface area contributed by atoms with Crippen LogP contribution in [0.5, 0.6) is 0 Å². The van der Waals surface area contributed by atoms with Gasteiger partial charge in [-0.25, -0.2) is 10.8 Å². The molecular formula is C18H13BrN4OS. The van der Waals surface area contributed by atoms with Gasteiger partial charge in [0.2, 0.25) is 0 Å². The number of nitrogen functional groups attached to an aromatic ring is 1. The maximum atomic E-state index is 12.8. The van der Waals surface area contributed by atoms with E-state index in [0.717, 1.165) is 25.5 Å². The Labute approximate surface area is 156 Å². The molecule has 3 aromatic carbocycles. The fourth-order valence-electron chi connectivity index (χ4n) is 2.74. The molecule has 0 fully saturated rings. The molecule has 0 aliphatic rings. The van der Waals surface area contributed by atoms with Crippen LogP contribution in [0.1, 0.15) is 10.4 Å². The van der Waals surface area contributed by atoms with Crippen molar-refractivity contribution in [3.05, 3.63) is 64.6 Å². The first-order chi connectivity index (χ1) is 12.2. The monoisotopic (exact) mass is 412 g/mol. The van der Waals surface area contributed by atoms with E-state index in [2.05, 4.69) is 31.7 Å². The first-order valence-corrected chi connectivity index (χ1v) is 9.12. The van der Waals surface area contributed by atoms with Crippen LogP contribution in [0.15, 0.2) is 59.1 Å². The summed E-state index contributed by atoms with van der Waals surface area (Å²) < 4.78 is 1.73. The second kappa shape index (κ2) is 6.44. The van der Waals surface area contributed by atoms with E-state index in [1.165, 1.54) is 11.3 Å². The van der Waals surface area contributed by atoms with Crippen LogP contribution < -0.4 is 16.6 Å². The summed E-state index contributed by atoms with van der Waals surface area (Å²) in [5, 5.41) is 5.55. The van der Waals surface area contributed by atoms with Gasteiger partial charge in [0.15, 0.2) is 5.13 Å².